The van der Waals surface area contributed by atoms with E-state index in [-0.39, 0.29) is 43.1 Å². The molecule has 1 aliphatic carbocycles. The molecular formula is C25H32F3N5O4. The van der Waals surface area contributed by atoms with Gasteiger partial charge in [-0.1, -0.05) is 12.8 Å². The number of nitrogens with two attached hydrogens (primary N) is 1. The van der Waals surface area contributed by atoms with Crippen LogP contribution < -0.4 is 15.8 Å². The number of carbonyl (C=O) groups is 3. The van der Waals surface area contributed by atoms with Crippen LogP contribution in [0.15, 0.2) is 40.5 Å². The zero-order valence-electron chi connectivity index (χ0n) is 21.2. The molecule has 12 heteroatoms. The summed E-state index contributed by atoms with van der Waals surface area (Å²) < 4.78 is 45.3. The molecule has 1 heterocycles. The van der Waals surface area contributed by atoms with Gasteiger partial charge in [0.1, 0.15) is 22.7 Å². The van der Waals surface area contributed by atoms with Crippen molar-refractivity contribution in [3.05, 3.63) is 35.5 Å². The molecule has 0 unspecified atom stereocenters. The number of halogens is 3. The van der Waals surface area contributed by atoms with Crippen molar-refractivity contribution in [2.75, 3.05) is 34.3 Å². The lowest BCUT2D eigenvalue weighted by atomic mass is 9.95. The molecule has 1 aliphatic heterocycles. The number of ether oxygens (including phenoxy) is 1. The van der Waals surface area contributed by atoms with E-state index < -0.39 is 34.9 Å². The number of nitrogens with zero attached hydrogens (tertiary/aromatic N) is 3. The third-order valence-corrected chi connectivity index (χ3v) is 6.61. The number of nitrogens with one attached hydrogen (secondary N) is 1. The first-order valence-electron chi connectivity index (χ1n) is 12.0. The minimum Gasteiger partial charge on any atom is -0.497 e. The average molecular weight is 524 g/mol. The van der Waals surface area contributed by atoms with E-state index in [0.29, 0.717) is 18.6 Å². The van der Waals surface area contributed by atoms with Gasteiger partial charge in [0, 0.05) is 39.2 Å². The number of likely N-dealkylation sites (tertiary alicyclic amines) is 1. The number of carbonyl (C=O) groups excluding carboxylic acids is 3. The van der Waals surface area contributed by atoms with Crippen LogP contribution in [0.5, 0.6) is 5.75 Å². The highest BCUT2D eigenvalue weighted by molar-refractivity contribution is 6.46. The molecule has 3 amide bonds. The molecule has 1 aromatic rings. The molecule has 1 aromatic carbocycles. The number of likely N-dealkylation sites (N-methyl/N-ethyl adjacent to an activating group) is 1. The first-order valence-corrected chi connectivity index (χ1v) is 12.0. The summed E-state index contributed by atoms with van der Waals surface area (Å²) in [7, 11) is 4.72. The van der Waals surface area contributed by atoms with Gasteiger partial charge >= 0.3 is 6.18 Å². The fourth-order valence-corrected chi connectivity index (χ4v) is 4.66. The summed E-state index contributed by atoms with van der Waals surface area (Å²) in [6.45, 7) is -0.0979. The van der Waals surface area contributed by atoms with Gasteiger partial charge in [-0.05, 0) is 43.5 Å². The molecule has 0 aromatic heterocycles. The highest BCUT2D eigenvalue weighted by atomic mass is 19.4. The second kappa shape index (κ2) is 11.2. The number of aliphatic imine (C=N–C) groups is 1. The number of amides is 3. The summed E-state index contributed by atoms with van der Waals surface area (Å²) in [5.74, 6) is -0.824. The van der Waals surface area contributed by atoms with Crippen molar-refractivity contribution in [3.63, 3.8) is 0 Å². The summed E-state index contributed by atoms with van der Waals surface area (Å²) in [6.07, 6.45) is -2.43. The molecule has 1 saturated carbocycles. The Morgan fingerprint density at radius 2 is 1.81 bits per heavy atom. The fraction of sp³-hybridized carbons (Fsp3) is 0.520. The van der Waals surface area contributed by atoms with Crippen LogP contribution in [-0.4, -0.2) is 79.2 Å². The quantitative estimate of drug-likeness (QED) is 0.570. The van der Waals surface area contributed by atoms with Gasteiger partial charge in [0.25, 0.3) is 5.91 Å². The Kier molecular flexibility index (Phi) is 8.49. The predicted octanol–water partition coefficient (Wildman–Crippen LogP) is 2.68. The van der Waals surface area contributed by atoms with Crippen molar-refractivity contribution in [1.82, 2.24) is 15.1 Å². The van der Waals surface area contributed by atoms with Crippen molar-refractivity contribution >= 4 is 29.1 Å². The molecule has 0 radical (unpaired) electrons. The maximum absolute atomic E-state index is 13.4. The monoisotopic (exact) mass is 523 g/mol. The number of rotatable bonds is 7. The zero-order valence-corrected chi connectivity index (χ0v) is 21.2. The van der Waals surface area contributed by atoms with Crippen LogP contribution in [0, 0.1) is 0 Å². The minimum absolute atomic E-state index is 0.0439. The maximum atomic E-state index is 13.4. The van der Waals surface area contributed by atoms with E-state index in [2.05, 4.69) is 10.3 Å². The Hall–Kier alpha value is -3.57. The molecule has 9 nitrogen and oxygen atoms in total. The van der Waals surface area contributed by atoms with E-state index in [0.717, 1.165) is 12.8 Å². The van der Waals surface area contributed by atoms with Crippen molar-refractivity contribution in [3.8, 4) is 5.75 Å². The molecule has 0 spiro atoms. The number of methoxy groups -OCH3 is 1. The fourth-order valence-electron chi connectivity index (χ4n) is 4.66. The topological polar surface area (TPSA) is 117 Å². The first kappa shape index (κ1) is 28.0. The van der Waals surface area contributed by atoms with E-state index in [1.807, 2.05) is 0 Å². The zero-order chi connectivity index (χ0) is 27.4. The largest absolute Gasteiger partial charge is 0.497 e. The van der Waals surface area contributed by atoms with Gasteiger partial charge in [-0.15, -0.1) is 0 Å². The Bertz CT molecular complexity index is 1090. The summed E-state index contributed by atoms with van der Waals surface area (Å²) in [5.41, 5.74) is 2.51. The van der Waals surface area contributed by atoms with E-state index in [4.69, 9.17) is 10.5 Å². The van der Waals surface area contributed by atoms with Crippen LogP contribution in [0.25, 0.3) is 0 Å². The number of hydrogen-bond donors (Lipinski definition) is 2. The third-order valence-electron chi connectivity index (χ3n) is 6.61. The van der Waals surface area contributed by atoms with E-state index >= 15 is 0 Å². The molecule has 0 bridgehead atoms. The average Bonchev–Trinajstić information content (AvgIpc) is 3.32. The van der Waals surface area contributed by atoms with Gasteiger partial charge in [0.05, 0.1) is 12.8 Å². The molecule has 3 rings (SSSR count). The molecule has 0 atom stereocenters. The molecule has 37 heavy (non-hydrogen) atoms. The molecule has 2 aliphatic rings. The standard InChI is InChI=1S/C25H32F3N5O4/c1-32(2)23(36)24(12-4-5-13-24)31-19(34)11-15-33-14-10-18(21(29)25(26,27)28)20(22(33)35)30-16-6-8-17(37-3)9-7-16/h6-9H,4-5,10-15,29H2,1-3H3,(H,31,34). The second-order valence-corrected chi connectivity index (χ2v) is 9.38. The van der Waals surface area contributed by atoms with Crippen LogP contribution in [0.4, 0.5) is 18.9 Å². The van der Waals surface area contributed by atoms with Gasteiger partial charge in [-0.3, -0.25) is 14.4 Å². The summed E-state index contributed by atoms with van der Waals surface area (Å²) in [4.78, 5) is 45.6. The smallest absolute Gasteiger partial charge is 0.431 e. The van der Waals surface area contributed by atoms with Crippen molar-refractivity contribution < 1.29 is 32.3 Å². The van der Waals surface area contributed by atoms with Crippen LogP contribution in [-0.2, 0) is 14.4 Å². The van der Waals surface area contributed by atoms with Crippen molar-refractivity contribution in [1.29, 1.82) is 0 Å². The second-order valence-electron chi connectivity index (χ2n) is 9.38. The van der Waals surface area contributed by atoms with Crippen molar-refractivity contribution in [2.24, 2.45) is 10.7 Å². The number of alkyl halides is 3. The number of hydrogen-bond acceptors (Lipinski definition) is 6. The molecular weight excluding hydrogens is 491 g/mol. The normalized spacial score (nSPS) is 20.1. The lowest BCUT2D eigenvalue weighted by Crippen LogP contribution is -2.57. The molecule has 2 fully saturated rings. The highest BCUT2D eigenvalue weighted by Gasteiger charge is 2.43. The van der Waals surface area contributed by atoms with Gasteiger partial charge in [-0.2, -0.15) is 13.2 Å². The summed E-state index contributed by atoms with van der Waals surface area (Å²) in [6, 6.07) is 6.16. The van der Waals surface area contributed by atoms with Gasteiger partial charge in [-0.25, -0.2) is 4.99 Å². The lowest BCUT2D eigenvalue weighted by Gasteiger charge is -2.33. The SMILES string of the molecule is COc1ccc(N=C2C(=O)N(CCC(=O)NC3(C(=O)N(C)C)CCCC3)CCC2=C(N)C(F)(F)F)cc1. The predicted molar refractivity (Wildman–Crippen MR) is 131 cm³/mol. The van der Waals surface area contributed by atoms with Crippen LogP contribution in [0.3, 0.4) is 0 Å². The first-order chi connectivity index (χ1) is 17.4. The Labute approximate surface area is 213 Å². The Morgan fingerprint density at radius 3 is 2.35 bits per heavy atom. The number of benzene rings is 1. The van der Waals surface area contributed by atoms with Crippen molar-refractivity contribution in [2.45, 2.75) is 50.2 Å². The molecule has 1 saturated heterocycles. The van der Waals surface area contributed by atoms with Crippen LogP contribution >= 0.6 is 0 Å². The van der Waals surface area contributed by atoms with Gasteiger partial charge in [0.15, 0.2) is 0 Å². The van der Waals surface area contributed by atoms with Gasteiger partial charge < -0.3 is 25.6 Å². The maximum Gasteiger partial charge on any atom is 0.431 e. The molecule has 3 N–H and O–H groups in total. The number of allylic oxidation sites excluding steroid dienone is 1. The highest BCUT2D eigenvalue weighted by Crippen LogP contribution is 2.32. The van der Waals surface area contributed by atoms with E-state index in [1.54, 1.807) is 26.2 Å². The Balaban J connectivity index is 1.79. The van der Waals surface area contributed by atoms with E-state index in [1.165, 1.54) is 29.0 Å². The summed E-state index contributed by atoms with van der Waals surface area (Å²) >= 11 is 0. The third kappa shape index (κ3) is 6.41. The van der Waals surface area contributed by atoms with Crippen LogP contribution in [0.2, 0.25) is 0 Å². The van der Waals surface area contributed by atoms with E-state index in [9.17, 15) is 27.6 Å². The summed E-state index contributed by atoms with van der Waals surface area (Å²) in [5, 5.41) is 2.85. The van der Waals surface area contributed by atoms with Crippen LogP contribution in [0.1, 0.15) is 38.5 Å². The molecule has 202 valence electrons. The van der Waals surface area contributed by atoms with Gasteiger partial charge in [0.2, 0.25) is 11.8 Å². The minimum atomic E-state index is -4.83. The Morgan fingerprint density at radius 1 is 1.19 bits per heavy atom. The number of piperidine rings is 1. The lowest BCUT2D eigenvalue weighted by molar-refractivity contribution is -0.139.